The second-order valence-electron chi connectivity index (χ2n) is 8.11. The first-order valence-corrected chi connectivity index (χ1v) is 9.23. The third kappa shape index (κ3) is 3.10. The van der Waals surface area contributed by atoms with Crippen molar-refractivity contribution in [3.8, 4) is 0 Å². The Kier molecular flexibility index (Phi) is 4.23. The minimum Gasteiger partial charge on any atom is -0.380 e. The van der Waals surface area contributed by atoms with Crippen LogP contribution in [0, 0.1) is 12.3 Å². The van der Waals surface area contributed by atoms with Crippen LogP contribution in [0.5, 0.6) is 0 Å². The van der Waals surface area contributed by atoms with Crippen molar-refractivity contribution in [1.29, 1.82) is 0 Å². The predicted molar refractivity (Wildman–Crippen MR) is 93.5 cm³/mol. The van der Waals surface area contributed by atoms with E-state index < -0.39 is 5.60 Å². The van der Waals surface area contributed by atoms with Gasteiger partial charge in [0.1, 0.15) is 11.3 Å². The number of likely N-dealkylation sites (tertiary alicyclic amines) is 1. The number of hydrogen-bond donors (Lipinski definition) is 2. The molecule has 3 aliphatic rings. The average Bonchev–Trinajstić information content (AvgIpc) is 3.00. The Morgan fingerprint density at radius 3 is 2.85 bits per heavy atom. The quantitative estimate of drug-likeness (QED) is 0.824. The normalized spacial score (nSPS) is 25.5. The highest BCUT2D eigenvalue weighted by Crippen LogP contribution is 2.44. The summed E-state index contributed by atoms with van der Waals surface area (Å²) >= 11 is 0. The molecule has 0 bridgehead atoms. The van der Waals surface area contributed by atoms with Crippen LogP contribution >= 0.6 is 0 Å². The van der Waals surface area contributed by atoms with Gasteiger partial charge in [-0.15, -0.1) is 0 Å². The van der Waals surface area contributed by atoms with E-state index in [0.29, 0.717) is 44.8 Å². The van der Waals surface area contributed by atoms with Crippen molar-refractivity contribution >= 4 is 11.8 Å². The summed E-state index contributed by atoms with van der Waals surface area (Å²) in [6.07, 6.45) is 4.47. The van der Waals surface area contributed by atoms with Gasteiger partial charge in [0, 0.05) is 31.2 Å². The van der Waals surface area contributed by atoms with E-state index in [9.17, 15) is 14.7 Å². The Morgan fingerprint density at radius 2 is 2.19 bits per heavy atom. The highest BCUT2D eigenvalue weighted by molar-refractivity contribution is 5.92. The van der Waals surface area contributed by atoms with Crippen molar-refractivity contribution in [2.45, 2.75) is 44.3 Å². The minimum atomic E-state index is -1.12. The molecule has 26 heavy (non-hydrogen) atoms. The summed E-state index contributed by atoms with van der Waals surface area (Å²) in [4.78, 5) is 30.3. The summed E-state index contributed by atoms with van der Waals surface area (Å²) in [5, 5.41) is 13.1. The fraction of sp³-hybridized carbons (Fsp3) is 0.632. The number of pyridine rings is 1. The zero-order valence-electron chi connectivity index (χ0n) is 15.0. The minimum absolute atomic E-state index is 0.0211. The van der Waals surface area contributed by atoms with E-state index in [4.69, 9.17) is 4.74 Å². The summed E-state index contributed by atoms with van der Waals surface area (Å²) in [5.41, 5.74) is 0.266. The molecule has 1 atom stereocenters. The standard InChI is InChI=1S/C19H25N3O4/c1-13-3-6-20-15(7-13)16(23)21-9-14-8-18(12-26-14)10-22(11-18)17(24)19(25)4-2-5-19/h3,6-7,14,25H,2,4-5,8-12H2,1H3,(H,21,23). The molecule has 1 spiro atoms. The Balaban J connectivity index is 1.25. The summed E-state index contributed by atoms with van der Waals surface area (Å²) in [5.74, 6) is -0.326. The Bertz CT molecular complexity index is 725. The molecule has 1 unspecified atom stereocenters. The number of carbonyl (C=O) groups excluding carboxylic acids is 2. The van der Waals surface area contributed by atoms with E-state index >= 15 is 0 Å². The van der Waals surface area contributed by atoms with E-state index in [1.807, 2.05) is 13.0 Å². The molecule has 2 aliphatic heterocycles. The molecule has 7 heteroatoms. The van der Waals surface area contributed by atoms with E-state index in [2.05, 4.69) is 10.3 Å². The molecule has 3 heterocycles. The molecule has 0 aromatic carbocycles. The first-order valence-electron chi connectivity index (χ1n) is 9.23. The predicted octanol–water partition coefficient (Wildman–Crippen LogP) is 0.652. The molecule has 1 saturated carbocycles. The lowest BCUT2D eigenvalue weighted by Gasteiger charge is -2.51. The number of nitrogens with one attached hydrogen (secondary N) is 1. The van der Waals surface area contributed by atoms with Crippen LogP contribution in [0.4, 0.5) is 0 Å². The fourth-order valence-electron chi connectivity index (χ4n) is 4.13. The number of aromatic nitrogens is 1. The van der Waals surface area contributed by atoms with Crippen molar-refractivity contribution in [1.82, 2.24) is 15.2 Å². The molecule has 3 fully saturated rings. The SMILES string of the molecule is Cc1ccnc(C(=O)NCC2CC3(CO2)CN(C(=O)C2(O)CCC2)C3)c1. The largest absolute Gasteiger partial charge is 0.380 e. The number of amides is 2. The smallest absolute Gasteiger partial charge is 0.269 e. The molecule has 1 aliphatic carbocycles. The molecule has 2 N–H and O–H groups in total. The average molecular weight is 359 g/mol. The van der Waals surface area contributed by atoms with Gasteiger partial charge in [0.05, 0.1) is 12.7 Å². The number of hydrogen-bond acceptors (Lipinski definition) is 5. The Labute approximate surface area is 152 Å². The maximum atomic E-state index is 12.3. The van der Waals surface area contributed by atoms with Gasteiger partial charge in [-0.2, -0.15) is 0 Å². The van der Waals surface area contributed by atoms with Crippen LogP contribution in [0.2, 0.25) is 0 Å². The van der Waals surface area contributed by atoms with E-state index in [-0.39, 0.29) is 23.3 Å². The molecular formula is C19H25N3O4. The third-order valence-electron chi connectivity index (χ3n) is 5.84. The van der Waals surface area contributed by atoms with Gasteiger partial charge in [-0.1, -0.05) is 0 Å². The molecule has 140 valence electrons. The first kappa shape index (κ1) is 17.4. The van der Waals surface area contributed by atoms with Crippen LogP contribution in [-0.2, 0) is 9.53 Å². The van der Waals surface area contributed by atoms with Crippen LogP contribution in [0.3, 0.4) is 0 Å². The molecule has 2 saturated heterocycles. The van der Waals surface area contributed by atoms with Gasteiger partial charge in [0.25, 0.3) is 11.8 Å². The summed E-state index contributed by atoms with van der Waals surface area (Å²) in [6, 6.07) is 3.61. The number of ether oxygens (including phenoxy) is 1. The number of nitrogens with zero attached hydrogens (tertiary/aromatic N) is 2. The van der Waals surface area contributed by atoms with Crippen molar-refractivity contribution in [2.75, 3.05) is 26.2 Å². The Morgan fingerprint density at radius 1 is 1.42 bits per heavy atom. The van der Waals surface area contributed by atoms with Crippen LogP contribution in [0.1, 0.15) is 41.7 Å². The highest BCUT2D eigenvalue weighted by Gasteiger charge is 2.55. The second kappa shape index (κ2) is 6.32. The maximum Gasteiger partial charge on any atom is 0.269 e. The van der Waals surface area contributed by atoms with Gasteiger partial charge >= 0.3 is 0 Å². The highest BCUT2D eigenvalue weighted by atomic mass is 16.5. The lowest BCUT2D eigenvalue weighted by molar-refractivity contribution is -0.172. The van der Waals surface area contributed by atoms with Gasteiger partial charge < -0.3 is 20.1 Å². The topological polar surface area (TPSA) is 91.8 Å². The van der Waals surface area contributed by atoms with E-state index in [1.54, 1.807) is 17.2 Å². The molecule has 1 aromatic rings. The summed E-state index contributed by atoms with van der Waals surface area (Å²) in [6.45, 7) is 4.23. The maximum absolute atomic E-state index is 12.3. The van der Waals surface area contributed by atoms with E-state index in [0.717, 1.165) is 18.4 Å². The van der Waals surface area contributed by atoms with Gasteiger partial charge in [-0.25, -0.2) is 0 Å². The van der Waals surface area contributed by atoms with Crippen molar-refractivity contribution in [3.63, 3.8) is 0 Å². The Hall–Kier alpha value is -1.99. The third-order valence-corrected chi connectivity index (χ3v) is 5.84. The molecule has 7 nitrogen and oxygen atoms in total. The zero-order chi connectivity index (χ0) is 18.4. The van der Waals surface area contributed by atoms with Crippen LogP contribution in [-0.4, -0.2) is 64.8 Å². The number of aryl methyl sites for hydroxylation is 1. The number of carbonyl (C=O) groups is 2. The van der Waals surface area contributed by atoms with Gasteiger partial charge in [0.2, 0.25) is 0 Å². The lowest BCUT2D eigenvalue weighted by atomic mass is 9.74. The van der Waals surface area contributed by atoms with Crippen LogP contribution in [0.15, 0.2) is 18.3 Å². The van der Waals surface area contributed by atoms with Gasteiger partial charge in [-0.3, -0.25) is 14.6 Å². The van der Waals surface area contributed by atoms with Gasteiger partial charge in [-0.05, 0) is 50.3 Å². The van der Waals surface area contributed by atoms with Crippen LogP contribution < -0.4 is 5.32 Å². The molecular weight excluding hydrogens is 334 g/mol. The fourth-order valence-corrected chi connectivity index (χ4v) is 4.13. The zero-order valence-corrected chi connectivity index (χ0v) is 15.0. The van der Waals surface area contributed by atoms with Gasteiger partial charge in [0.15, 0.2) is 0 Å². The summed E-state index contributed by atoms with van der Waals surface area (Å²) in [7, 11) is 0. The van der Waals surface area contributed by atoms with E-state index in [1.165, 1.54) is 0 Å². The molecule has 0 radical (unpaired) electrons. The van der Waals surface area contributed by atoms with Crippen molar-refractivity contribution in [2.24, 2.45) is 5.41 Å². The number of aliphatic hydroxyl groups is 1. The summed E-state index contributed by atoms with van der Waals surface area (Å²) < 4.78 is 5.84. The molecule has 1 aromatic heterocycles. The van der Waals surface area contributed by atoms with Crippen molar-refractivity contribution in [3.05, 3.63) is 29.6 Å². The molecule has 4 rings (SSSR count). The van der Waals surface area contributed by atoms with Crippen molar-refractivity contribution < 1.29 is 19.4 Å². The lowest BCUT2D eigenvalue weighted by Crippen LogP contribution is -2.65. The van der Waals surface area contributed by atoms with Crippen LogP contribution in [0.25, 0.3) is 0 Å². The monoisotopic (exact) mass is 359 g/mol. The second-order valence-corrected chi connectivity index (χ2v) is 8.11. The first-order chi connectivity index (χ1) is 12.4. The number of rotatable bonds is 4. The molecule has 2 amide bonds.